The number of anilines is 1. The van der Waals surface area contributed by atoms with Crippen LogP contribution >= 0.6 is 0 Å². The predicted molar refractivity (Wildman–Crippen MR) is 80.9 cm³/mol. The van der Waals surface area contributed by atoms with Gasteiger partial charge in [0, 0.05) is 17.8 Å². The third kappa shape index (κ3) is 3.81. The Morgan fingerprint density at radius 1 is 1.24 bits per heavy atom. The predicted octanol–water partition coefficient (Wildman–Crippen LogP) is 3.92. The van der Waals surface area contributed by atoms with Crippen molar-refractivity contribution in [1.29, 1.82) is 0 Å². The van der Waals surface area contributed by atoms with E-state index in [9.17, 15) is 9.18 Å². The van der Waals surface area contributed by atoms with E-state index in [4.69, 9.17) is 4.74 Å². The van der Waals surface area contributed by atoms with Gasteiger partial charge >= 0.3 is 5.97 Å². The number of halogens is 1. The van der Waals surface area contributed by atoms with Crippen LogP contribution in [-0.4, -0.2) is 12.6 Å². The van der Waals surface area contributed by atoms with Crippen LogP contribution in [0, 0.1) is 12.7 Å². The Kier molecular flexibility index (Phi) is 4.93. The van der Waals surface area contributed by atoms with E-state index in [1.807, 2.05) is 13.0 Å². The molecule has 0 amide bonds. The number of hydrogen-bond donors (Lipinski definition) is 1. The van der Waals surface area contributed by atoms with E-state index < -0.39 is 0 Å². The maximum absolute atomic E-state index is 13.7. The zero-order chi connectivity index (χ0) is 15.2. The number of rotatable bonds is 5. The number of hydrogen-bond acceptors (Lipinski definition) is 3. The zero-order valence-corrected chi connectivity index (χ0v) is 12.2. The van der Waals surface area contributed by atoms with Crippen LogP contribution in [0.2, 0.25) is 0 Å². The van der Waals surface area contributed by atoms with Crippen LogP contribution in [0.15, 0.2) is 42.5 Å². The monoisotopic (exact) mass is 287 g/mol. The van der Waals surface area contributed by atoms with Crippen LogP contribution in [-0.2, 0) is 11.3 Å². The highest BCUT2D eigenvalue weighted by Gasteiger charge is 2.12. The maximum atomic E-state index is 13.7. The zero-order valence-electron chi connectivity index (χ0n) is 12.2. The number of benzene rings is 2. The molecule has 0 aliphatic rings. The number of aryl methyl sites for hydroxylation is 1. The van der Waals surface area contributed by atoms with Gasteiger partial charge in [-0.3, -0.25) is 0 Å². The molecule has 110 valence electrons. The largest absolute Gasteiger partial charge is 0.462 e. The molecule has 21 heavy (non-hydrogen) atoms. The number of carbonyl (C=O) groups is 1. The number of ether oxygens (including phenoxy) is 1. The second kappa shape index (κ2) is 6.88. The van der Waals surface area contributed by atoms with Crippen LogP contribution in [0.25, 0.3) is 0 Å². The molecule has 0 aliphatic heterocycles. The van der Waals surface area contributed by atoms with Crippen molar-refractivity contribution >= 4 is 11.7 Å². The van der Waals surface area contributed by atoms with Crippen LogP contribution in [0.1, 0.15) is 28.4 Å². The lowest BCUT2D eigenvalue weighted by molar-refractivity contribution is 0.0527. The summed E-state index contributed by atoms with van der Waals surface area (Å²) in [7, 11) is 0. The van der Waals surface area contributed by atoms with E-state index in [-0.39, 0.29) is 11.8 Å². The Bertz CT molecular complexity index is 640. The quantitative estimate of drug-likeness (QED) is 0.847. The van der Waals surface area contributed by atoms with Gasteiger partial charge < -0.3 is 10.1 Å². The summed E-state index contributed by atoms with van der Waals surface area (Å²) in [4.78, 5) is 11.9. The van der Waals surface area contributed by atoms with Crippen molar-refractivity contribution in [3.8, 4) is 0 Å². The summed E-state index contributed by atoms with van der Waals surface area (Å²) in [5.41, 5.74) is 2.64. The van der Waals surface area contributed by atoms with E-state index in [2.05, 4.69) is 5.32 Å². The maximum Gasteiger partial charge on any atom is 0.340 e. The van der Waals surface area contributed by atoms with Gasteiger partial charge in [0.15, 0.2) is 0 Å². The Balaban J connectivity index is 2.16. The fourth-order valence-electron chi connectivity index (χ4n) is 2.05. The topological polar surface area (TPSA) is 38.3 Å². The SMILES string of the molecule is CCOC(=O)c1ccccc1NCc1cc(C)ccc1F. The molecular formula is C17H18FNO2. The molecule has 0 heterocycles. The standard InChI is InChI=1S/C17H18FNO2/c1-3-21-17(20)14-6-4-5-7-16(14)19-11-13-10-12(2)8-9-15(13)18/h4-10,19H,3,11H2,1-2H3. The number of para-hydroxylation sites is 1. The van der Waals surface area contributed by atoms with Crippen molar-refractivity contribution in [2.75, 3.05) is 11.9 Å². The van der Waals surface area contributed by atoms with Crippen LogP contribution in [0.3, 0.4) is 0 Å². The number of nitrogens with one attached hydrogen (secondary N) is 1. The molecule has 0 aliphatic carbocycles. The van der Waals surface area contributed by atoms with Crippen LogP contribution in [0.5, 0.6) is 0 Å². The summed E-state index contributed by atoms with van der Waals surface area (Å²) in [6.45, 7) is 4.30. The lowest BCUT2D eigenvalue weighted by atomic mass is 10.1. The summed E-state index contributed by atoms with van der Waals surface area (Å²) in [5.74, 6) is -0.646. The van der Waals surface area contributed by atoms with Crippen LogP contribution in [0.4, 0.5) is 10.1 Å². The molecule has 1 N–H and O–H groups in total. The Labute approximate surface area is 123 Å². The molecule has 2 aromatic rings. The molecule has 2 aromatic carbocycles. The minimum Gasteiger partial charge on any atom is -0.462 e. The average Bonchev–Trinajstić information content (AvgIpc) is 2.49. The molecule has 0 unspecified atom stereocenters. The molecule has 0 fully saturated rings. The molecule has 0 aromatic heterocycles. The minimum atomic E-state index is -0.384. The summed E-state index contributed by atoms with van der Waals surface area (Å²) < 4.78 is 18.7. The second-order valence-electron chi connectivity index (χ2n) is 4.71. The third-order valence-corrected chi connectivity index (χ3v) is 3.09. The van der Waals surface area contributed by atoms with Gasteiger partial charge in [-0.15, -0.1) is 0 Å². The highest BCUT2D eigenvalue weighted by Crippen LogP contribution is 2.18. The van der Waals surface area contributed by atoms with Gasteiger partial charge in [-0.25, -0.2) is 9.18 Å². The first kappa shape index (κ1) is 15.0. The summed E-state index contributed by atoms with van der Waals surface area (Å²) in [6, 6.07) is 12.0. The van der Waals surface area contributed by atoms with Crippen molar-refractivity contribution in [2.24, 2.45) is 0 Å². The third-order valence-electron chi connectivity index (χ3n) is 3.09. The van der Waals surface area contributed by atoms with E-state index in [1.54, 1.807) is 37.3 Å². The van der Waals surface area contributed by atoms with Gasteiger partial charge in [0.2, 0.25) is 0 Å². The van der Waals surface area contributed by atoms with Gasteiger partial charge in [0.05, 0.1) is 12.2 Å². The van der Waals surface area contributed by atoms with Crippen molar-refractivity contribution in [2.45, 2.75) is 20.4 Å². The first-order chi connectivity index (χ1) is 10.1. The summed E-state index contributed by atoms with van der Waals surface area (Å²) >= 11 is 0. The smallest absolute Gasteiger partial charge is 0.340 e. The van der Waals surface area contributed by atoms with Crippen molar-refractivity contribution in [1.82, 2.24) is 0 Å². The molecule has 0 bridgehead atoms. The Morgan fingerprint density at radius 2 is 2.00 bits per heavy atom. The fourth-order valence-corrected chi connectivity index (χ4v) is 2.05. The first-order valence-corrected chi connectivity index (χ1v) is 6.87. The Morgan fingerprint density at radius 3 is 2.76 bits per heavy atom. The Hall–Kier alpha value is -2.36. The van der Waals surface area contributed by atoms with Gasteiger partial charge in [0.25, 0.3) is 0 Å². The van der Waals surface area contributed by atoms with E-state index in [0.29, 0.717) is 30.0 Å². The second-order valence-corrected chi connectivity index (χ2v) is 4.71. The van der Waals surface area contributed by atoms with Crippen molar-refractivity contribution in [3.05, 3.63) is 65.0 Å². The minimum absolute atomic E-state index is 0.262. The molecule has 3 nitrogen and oxygen atoms in total. The molecule has 4 heteroatoms. The highest BCUT2D eigenvalue weighted by atomic mass is 19.1. The highest BCUT2D eigenvalue weighted by molar-refractivity contribution is 5.95. The first-order valence-electron chi connectivity index (χ1n) is 6.87. The van der Waals surface area contributed by atoms with Gasteiger partial charge in [0.1, 0.15) is 5.82 Å². The molecular weight excluding hydrogens is 269 g/mol. The molecule has 0 atom stereocenters. The molecule has 0 radical (unpaired) electrons. The van der Waals surface area contributed by atoms with Crippen molar-refractivity contribution < 1.29 is 13.9 Å². The van der Waals surface area contributed by atoms with Crippen LogP contribution < -0.4 is 5.32 Å². The molecule has 0 saturated carbocycles. The number of carbonyl (C=O) groups excluding carboxylic acids is 1. The molecule has 0 saturated heterocycles. The van der Waals surface area contributed by atoms with Gasteiger partial charge in [-0.1, -0.05) is 29.8 Å². The summed E-state index contributed by atoms with van der Waals surface area (Å²) in [5, 5.41) is 3.10. The van der Waals surface area contributed by atoms with E-state index in [1.165, 1.54) is 6.07 Å². The van der Waals surface area contributed by atoms with E-state index >= 15 is 0 Å². The lowest BCUT2D eigenvalue weighted by Crippen LogP contribution is -2.10. The molecule has 0 spiro atoms. The summed E-state index contributed by atoms with van der Waals surface area (Å²) in [6.07, 6.45) is 0. The molecule has 2 rings (SSSR count). The van der Waals surface area contributed by atoms with Crippen molar-refractivity contribution in [3.63, 3.8) is 0 Å². The van der Waals surface area contributed by atoms with Gasteiger partial charge in [-0.05, 0) is 32.0 Å². The average molecular weight is 287 g/mol. The van der Waals surface area contributed by atoms with E-state index in [0.717, 1.165) is 5.56 Å². The lowest BCUT2D eigenvalue weighted by Gasteiger charge is -2.12. The number of esters is 1. The fraction of sp³-hybridized carbons (Fsp3) is 0.235. The van der Waals surface area contributed by atoms with Gasteiger partial charge in [-0.2, -0.15) is 0 Å². The normalized spacial score (nSPS) is 10.2.